The first-order chi connectivity index (χ1) is 9.49. The predicted molar refractivity (Wildman–Crippen MR) is 80.6 cm³/mol. The number of aromatic nitrogens is 2. The predicted octanol–water partition coefficient (Wildman–Crippen LogP) is 2.34. The lowest BCUT2D eigenvalue weighted by Gasteiger charge is -2.20. The van der Waals surface area contributed by atoms with Crippen molar-refractivity contribution in [2.45, 2.75) is 58.7 Å². The van der Waals surface area contributed by atoms with E-state index in [1.807, 2.05) is 25.5 Å². The normalized spacial score (nSPS) is 20.1. The molecule has 0 radical (unpaired) electrons. The summed E-state index contributed by atoms with van der Waals surface area (Å²) in [7, 11) is 0. The summed E-state index contributed by atoms with van der Waals surface area (Å²) in [5, 5.41) is 7.42. The number of nitrogens with zero attached hydrogens (tertiary/aromatic N) is 2. The molecule has 1 N–H and O–H groups in total. The topological polar surface area (TPSA) is 56.2 Å². The minimum absolute atomic E-state index is 0.0525. The van der Waals surface area contributed by atoms with Gasteiger partial charge in [0.25, 0.3) is 0 Å². The minimum atomic E-state index is 0.0525. The summed E-state index contributed by atoms with van der Waals surface area (Å²) < 4.78 is 8.47. The summed E-state index contributed by atoms with van der Waals surface area (Å²) in [6.45, 7) is 7.37. The van der Waals surface area contributed by atoms with Crippen LogP contribution < -0.4 is 5.32 Å². The number of aryl methyl sites for hydroxylation is 2. The van der Waals surface area contributed by atoms with Crippen molar-refractivity contribution in [3.05, 3.63) is 15.9 Å². The van der Waals surface area contributed by atoms with Gasteiger partial charge in [-0.05, 0) is 49.5 Å². The Morgan fingerprint density at radius 1 is 1.60 bits per heavy atom. The highest BCUT2D eigenvalue weighted by atomic mass is 79.9. The van der Waals surface area contributed by atoms with Crippen LogP contribution in [0, 0.1) is 13.8 Å². The molecule has 0 saturated carbocycles. The Balaban J connectivity index is 1.81. The minimum Gasteiger partial charge on any atom is -0.376 e. The van der Waals surface area contributed by atoms with E-state index in [9.17, 15) is 4.79 Å². The smallest absolute Gasteiger partial charge is 0.222 e. The monoisotopic (exact) mass is 343 g/mol. The Labute approximate surface area is 128 Å². The molecule has 0 spiro atoms. The average Bonchev–Trinajstić information content (AvgIpc) is 3.02. The van der Waals surface area contributed by atoms with Gasteiger partial charge in [0, 0.05) is 18.7 Å². The van der Waals surface area contributed by atoms with Crippen molar-refractivity contribution in [2.24, 2.45) is 0 Å². The quantitative estimate of drug-likeness (QED) is 0.892. The van der Waals surface area contributed by atoms with Crippen LogP contribution in [0.25, 0.3) is 0 Å². The van der Waals surface area contributed by atoms with Gasteiger partial charge < -0.3 is 10.1 Å². The number of halogens is 1. The fourth-order valence-electron chi connectivity index (χ4n) is 2.52. The summed E-state index contributed by atoms with van der Waals surface area (Å²) in [6, 6.07) is 0.0807. The fourth-order valence-corrected chi connectivity index (χ4v) is 2.80. The molecule has 1 amide bonds. The van der Waals surface area contributed by atoms with Crippen LogP contribution in [0.5, 0.6) is 0 Å². The first kappa shape index (κ1) is 15.5. The van der Waals surface area contributed by atoms with Crippen LogP contribution >= 0.6 is 15.9 Å². The van der Waals surface area contributed by atoms with Crippen molar-refractivity contribution in [1.82, 2.24) is 15.1 Å². The lowest BCUT2D eigenvalue weighted by atomic mass is 10.1. The molecular weight excluding hydrogens is 322 g/mol. The maximum atomic E-state index is 12.0. The van der Waals surface area contributed by atoms with Crippen molar-refractivity contribution >= 4 is 21.8 Å². The van der Waals surface area contributed by atoms with E-state index in [0.29, 0.717) is 13.0 Å². The molecule has 2 rings (SSSR count). The summed E-state index contributed by atoms with van der Waals surface area (Å²) >= 11 is 3.49. The number of rotatable bonds is 5. The summed E-state index contributed by atoms with van der Waals surface area (Å²) in [5.41, 5.74) is 2.01. The Hall–Kier alpha value is -0.880. The van der Waals surface area contributed by atoms with Crippen LogP contribution in [0.1, 0.15) is 37.6 Å². The van der Waals surface area contributed by atoms with Gasteiger partial charge in [0.1, 0.15) is 0 Å². The van der Waals surface area contributed by atoms with Crippen molar-refractivity contribution < 1.29 is 9.53 Å². The zero-order valence-electron chi connectivity index (χ0n) is 12.3. The number of carbonyl (C=O) groups excluding carboxylic acids is 1. The molecule has 1 aliphatic rings. The third-order valence-electron chi connectivity index (χ3n) is 3.76. The van der Waals surface area contributed by atoms with Crippen LogP contribution in [0.4, 0.5) is 0 Å². The Morgan fingerprint density at radius 3 is 2.90 bits per heavy atom. The third kappa shape index (κ3) is 3.61. The first-order valence-electron chi connectivity index (χ1n) is 7.09. The highest BCUT2D eigenvalue weighted by Crippen LogP contribution is 2.20. The van der Waals surface area contributed by atoms with E-state index in [4.69, 9.17) is 4.74 Å². The Morgan fingerprint density at radius 2 is 2.35 bits per heavy atom. The van der Waals surface area contributed by atoms with Crippen LogP contribution in [-0.4, -0.2) is 34.4 Å². The van der Waals surface area contributed by atoms with Gasteiger partial charge in [-0.15, -0.1) is 0 Å². The summed E-state index contributed by atoms with van der Waals surface area (Å²) in [4.78, 5) is 12.0. The van der Waals surface area contributed by atoms with E-state index in [1.54, 1.807) is 0 Å². The molecule has 0 bridgehead atoms. The lowest BCUT2D eigenvalue weighted by molar-refractivity contribution is -0.122. The zero-order valence-corrected chi connectivity index (χ0v) is 13.9. The molecule has 6 heteroatoms. The van der Waals surface area contributed by atoms with Gasteiger partial charge in [-0.25, -0.2) is 0 Å². The molecule has 112 valence electrons. The second-order valence-corrected chi connectivity index (χ2v) is 6.16. The van der Waals surface area contributed by atoms with Gasteiger partial charge >= 0.3 is 0 Å². The lowest BCUT2D eigenvalue weighted by Crippen LogP contribution is -2.41. The highest BCUT2D eigenvalue weighted by molar-refractivity contribution is 9.10. The maximum absolute atomic E-state index is 12.0. The van der Waals surface area contributed by atoms with E-state index in [2.05, 4.69) is 26.3 Å². The molecule has 2 atom stereocenters. The first-order valence-corrected chi connectivity index (χ1v) is 7.89. The maximum Gasteiger partial charge on any atom is 0.222 e. The molecule has 2 unspecified atom stereocenters. The molecule has 5 nitrogen and oxygen atoms in total. The molecule has 1 fully saturated rings. The number of hydrogen-bond donors (Lipinski definition) is 1. The van der Waals surface area contributed by atoms with Gasteiger partial charge in [-0.3, -0.25) is 9.48 Å². The zero-order chi connectivity index (χ0) is 14.7. The summed E-state index contributed by atoms with van der Waals surface area (Å²) in [6.07, 6.45) is 2.73. The van der Waals surface area contributed by atoms with E-state index < -0.39 is 0 Å². The van der Waals surface area contributed by atoms with Crippen LogP contribution in [-0.2, 0) is 16.1 Å². The van der Waals surface area contributed by atoms with Crippen molar-refractivity contribution in [2.75, 3.05) is 6.61 Å². The Kier molecular flexibility index (Phi) is 5.21. The van der Waals surface area contributed by atoms with Crippen LogP contribution in [0.2, 0.25) is 0 Å². The van der Waals surface area contributed by atoms with Gasteiger partial charge in [0.05, 0.1) is 28.9 Å². The van der Waals surface area contributed by atoms with Gasteiger partial charge in [0.15, 0.2) is 0 Å². The molecule has 1 aromatic rings. The van der Waals surface area contributed by atoms with Crippen molar-refractivity contribution in [3.63, 3.8) is 0 Å². The molecule has 0 aromatic carbocycles. The van der Waals surface area contributed by atoms with Gasteiger partial charge in [-0.2, -0.15) is 5.10 Å². The second kappa shape index (κ2) is 6.72. The van der Waals surface area contributed by atoms with Gasteiger partial charge in [0.2, 0.25) is 5.91 Å². The van der Waals surface area contributed by atoms with Crippen molar-refractivity contribution in [1.29, 1.82) is 0 Å². The molecule has 0 aliphatic carbocycles. The second-order valence-electron chi connectivity index (χ2n) is 5.37. The SMILES string of the molecule is Cc1nn(CCC(=O)NC(C)C2CCCO2)c(C)c1Br. The van der Waals surface area contributed by atoms with Crippen molar-refractivity contribution in [3.8, 4) is 0 Å². The van der Waals surface area contributed by atoms with Crippen LogP contribution in [0.3, 0.4) is 0 Å². The highest BCUT2D eigenvalue weighted by Gasteiger charge is 2.23. The number of carbonyl (C=O) groups is 1. The standard InChI is InChI=1S/C14H22BrN3O2/c1-9(12-5-4-8-20-12)16-13(19)6-7-18-11(3)14(15)10(2)17-18/h9,12H,4-8H2,1-3H3,(H,16,19). The van der Waals surface area contributed by atoms with E-state index in [0.717, 1.165) is 35.3 Å². The van der Waals surface area contributed by atoms with E-state index in [-0.39, 0.29) is 18.1 Å². The molecule has 1 aromatic heterocycles. The number of ether oxygens (including phenoxy) is 1. The number of nitrogens with one attached hydrogen (secondary N) is 1. The molecule has 20 heavy (non-hydrogen) atoms. The van der Waals surface area contributed by atoms with Crippen LogP contribution in [0.15, 0.2) is 4.47 Å². The van der Waals surface area contributed by atoms with Gasteiger partial charge in [-0.1, -0.05) is 0 Å². The molecule has 1 aliphatic heterocycles. The molecule has 2 heterocycles. The summed E-state index contributed by atoms with van der Waals surface area (Å²) in [5.74, 6) is 0.0525. The largest absolute Gasteiger partial charge is 0.376 e. The fraction of sp³-hybridized carbons (Fsp3) is 0.714. The number of hydrogen-bond acceptors (Lipinski definition) is 3. The van der Waals surface area contributed by atoms with E-state index >= 15 is 0 Å². The third-order valence-corrected chi connectivity index (χ3v) is 4.90. The van der Waals surface area contributed by atoms with E-state index in [1.165, 1.54) is 0 Å². The molecular formula is C14H22BrN3O2. The Bertz CT molecular complexity index is 481. The average molecular weight is 344 g/mol. The number of amides is 1. The molecule has 1 saturated heterocycles.